The van der Waals surface area contributed by atoms with Crippen molar-refractivity contribution in [3.8, 4) is 11.8 Å². The summed E-state index contributed by atoms with van der Waals surface area (Å²) in [6.07, 6.45) is 2.79. The van der Waals surface area contributed by atoms with Crippen LogP contribution in [0.15, 0.2) is 0 Å². The fraction of sp³-hybridized carbons (Fsp3) is 0.875. The second kappa shape index (κ2) is 7.81. The molecule has 0 radical (unpaired) electrons. The number of hydrogen-bond acceptors (Lipinski definition) is 2. The minimum Gasteiger partial charge on any atom is -0.362 e. The van der Waals surface area contributed by atoms with E-state index in [2.05, 4.69) is 51.4 Å². The lowest BCUT2D eigenvalue weighted by Crippen LogP contribution is -2.39. The third-order valence-electron chi connectivity index (χ3n) is 3.13. The van der Waals surface area contributed by atoms with Crippen LogP contribution < -0.4 is 0 Å². The van der Waals surface area contributed by atoms with Gasteiger partial charge in [0.2, 0.25) is 0 Å². The first-order chi connectivity index (χ1) is 8.47. The topological polar surface area (TPSA) is 12.5 Å². The molecule has 18 heavy (non-hydrogen) atoms. The Hall–Kier alpha value is -0.520. The molecule has 0 aromatic carbocycles. The van der Waals surface area contributed by atoms with Crippen LogP contribution in [0.1, 0.15) is 47.5 Å². The van der Waals surface area contributed by atoms with Crippen molar-refractivity contribution >= 4 is 0 Å². The van der Waals surface area contributed by atoms with Crippen LogP contribution in [-0.4, -0.2) is 36.7 Å². The summed E-state index contributed by atoms with van der Waals surface area (Å²) in [7, 11) is 0. The van der Waals surface area contributed by atoms with Gasteiger partial charge >= 0.3 is 0 Å². The smallest absolute Gasteiger partial charge is 0.115 e. The normalized spacial score (nSPS) is 19.9. The van der Waals surface area contributed by atoms with Crippen LogP contribution in [0.4, 0.5) is 0 Å². The van der Waals surface area contributed by atoms with Crippen molar-refractivity contribution in [2.24, 2.45) is 11.8 Å². The fourth-order valence-electron chi connectivity index (χ4n) is 2.35. The van der Waals surface area contributed by atoms with Crippen LogP contribution in [0.3, 0.4) is 0 Å². The van der Waals surface area contributed by atoms with Gasteiger partial charge < -0.3 is 9.64 Å². The zero-order valence-corrected chi connectivity index (χ0v) is 12.7. The fourth-order valence-corrected chi connectivity index (χ4v) is 2.35. The summed E-state index contributed by atoms with van der Waals surface area (Å²) in [6.45, 7) is 14.4. The number of hydrogen-bond donors (Lipinski definition) is 0. The summed E-state index contributed by atoms with van der Waals surface area (Å²) in [5.74, 6) is 7.57. The molecule has 0 spiro atoms. The molecule has 0 aromatic rings. The highest BCUT2D eigenvalue weighted by molar-refractivity contribution is 5.05. The molecule has 1 fully saturated rings. The summed E-state index contributed by atoms with van der Waals surface area (Å²) in [6, 6.07) is 0. The number of rotatable bonds is 4. The SMILES string of the molecule is CC(C)C#C[C@@H](C)OC1CCN(CC(C)C)CC1. The molecule has 1 saturated heterocycles. The molecule has 1 atom stereocenters. The van der Waals surface area contributed by atoms with E-state index in [1.807, 2.05) is 0 Å². The quantitative estimate of drug-likeness (QED) is 0.712. The Balaban J connectivity index is 2.25. The zero-order valence-electron chi connectivity index (χ0n) is 12.7. The molecule has 1 rings (SSSR count). The molecule has 0 amide bonds. The van der Waals surface area contributed by atoms with Gasteiger partial charge in [-0.3, -0.25) is 0 Å². The van der Waals surface area contributed by atoms with Gasteiger partial charge in [0.05, 0.1) is 6.10 Å². The molecule has 0 unspecified atom stereocenters. The van der Waals surface area contributed by atoms with E-state index in [4.69, 9.17) is 4.74 Å². The Kier molecular flexibility index (Phi) is 6.75. The zero-order chi connectivity index (χ0) is 13.5. The van der Waals surface area contributed by atoms with Crippen molar-refractivity contribution < 1.29 is 4.74 Å². The number of piperidine rings is 1. The predicted octanol–water partition coefficient (Wildman–Crippen LogP) is 3.17. The van der Waals surface area contributed by atoms with E-state index in [0.29, 0.717) is 12.0 Å². The minimum absolute atomic E-state index is 0.0778. The van der Waals surface area contributed by atoms with E-state index in [-0.39, 0.29) is 6.10 Å². The highest BCUT2D eigenvalue weighted by Crippen LogP contribution is 2.16. The van der Waals surface area contributed by atoms with E-state index in [0.717, 1.165) is 18.8 Å². The molecule has 0 aromatic heterocycles. The van der Waals surface area contributed by atoms with Crippen molar-refractivity contribution in [2.75, 3.05) is 19.6 Å². The first kappa shape index (κ1) is 15.5. The first-order valence-corrected chi connectivity index (χ1v) is 7.36. The number of ether oxygens (including phenoxy) is 1. The van der Waals surface area contributed by atoms with E-state index < -0.39 is 0 Å². The monoisotopic (exact) mass is 251 g/mol. The lowest BCUT2D eigenvalue weighted by molar-refractivity contribution is -0.0135. The summed E-state index contributed by atoms with van der Waals surface area (Å²) >= 11 is 0. The first-order valence-electron chi connectivity index (χ1n) is 7.36. The molecular formula is C16H29NO. The van der Waals surface area contributed by atoms with Gasteiger partial charge in [-0.05, 0) is 25.7 Å². The van der Waals surface area contributed by atoms with Crippen molar-refractivity contribution in [3.05, 3.63) is 0 Å². The summed E-state index contributed by atoms with van der Waals surface area (Å²) in [5, 5.41) is 0. The van der Waals surface area contributed by atoms with Gasteiger partial charge in [0.1, 0.15) is 6.10 Å². The second-order valence-electron chi connectivity index (χ2n) is 6.12. The van der Waals surface area contributed by atoms with Gasteiger partial charge in [0.25, 0.3) is 0 Å². The maximum absolute atomic E-state index is 5.99. The number of nitrogens with zero attached hydrogens (tertiary/aromatic N) is 1. The Labute approximate surface area is 113 Å². The Bertz CT molecular complexity index is 279. The van der Waals surface area contributed by atoms with Gasteiger partial charge in [-0.2, -0.15) is 0 Å². The molecule has 1 aliphatic rings. The van der Waals surface area contributed by atoms with Crippen LogP contribution in [0.25, 0.3) is 0 Å². The van der Waals surface area contributed by atoms with Crippen molar-refractivity contribution in [1.29, 1.82) is 0 Å². The third-order valence-corrected chi connectivity index (χ3v) is 3.13. The molecular weight excluding hydrogens is 222 g/mol. The standard InChI is InChI=1S/C16H29NO/c1-13(2)6-7-15(5)18-16-8-10-17(11-9-16)12-14(3)4/h13-16H,8-12H2,1-5H3/t15-/m1/s1. The molecule has 0 saturated carbocycles. The van der Waals surface area contributed by atoms with E-state index in [1.165, 1.54) is 19.6 Å². The van der Waals surface area contributed by atoms with Crippen molar-refractivity contribution in [3.63, 3.8) is 0 Å². The molecule has 2 heteroatoms. The van der Waals surface area contributed by atoms with Crippen LogP contribution in [0.5, 0.6) is 0 Å². The van der Waals surface area contributed by atoms with E-state index in [1.54, 1.807) is 0 Å². The minimum atomic E-state index is 0.0778. The molecule has 0 aliphatic carbocycles. The lowest BCUT2D eigenvalue weighted by Gasteiger charge is -2.33. The van der Waals surface area contributed by atoms with E-state index >= 15 is 0 Å². The van der Waals surface area contributed by atoms with Crippen LogP contribution in [0, 0.1) is 23.7 Å². The Morgan fingerprint density at radius 1 is 1.06 bits per heavy atom. The summed E-state index contributed by atoms with van der Waals surface area (Å²) in [4.78, 5) is 2.55. The molecule has 0 N–H and O–H groups in total. The maximum Gasteiger partial charge on any atom is 0.115 e. The summed E-state index contributed by atoms with van der Waals surface area (Å²) in [5.41, 5.74) is 0. The van der Waals surface area contributed by atoms with E-state index in [9.17, 15) is 0 Å². The van der Waals surface area contributed by atoms with Gasteiger partial charge in [-0.25, -0.2) is 0 Å². The van der Waals surface area contributed by atoms with Crippen LogP contribution >= 0.6 is 0 Å². The highest BCUT2D eigenvalue weighted by Gasteiger charge is 2.21. The third kappa shape index (κ3) is 6.42. The van der Waals surface area contributed by atoms with Crippen molar-refractivity contribution in [1.82, 2.24) is 4.90 Å². The molecule has 1 heterocycles. The molecule has 2 nitrogen and oxygen atoms in total. The van der Waals surface area contributed by atoms with Crippen LogP contribution in [-0.2, 0) is 4.74 Å². The van der Waals surface area contributed by atoms with Crippen LogP contribution in [0.2, 0.25) is 0 Å². The predicted molar refractivity (Wildman–Crippen MR) is 77.5 cm³/mol. The molecule has 104 valence electrons. The lowest BCUT2D eigenvalue weighted by atomic mass is 10.1. The maximum atomic E-state index is 5.99. The van der Waals surface area contributed by atoms with Gasteiger partial charge in [-0.1, -0.05) is 39.5 Å². The van der Waals surface area contributed by atoms with Gasteiger partial charge in [0, 0.05) is 25.6 Å². The van der Waals surface area contributed by atoms with Crippen molar-refractivity contribution in [2.45, 2.75) is 59.7 Å². The number of likely N-dealkylation sites (tertiary alicyclic amines) is 1. The average Bonchev–Trinajstić information content (AvgIpc) is 2.28. The second-order valence-corrected chi connectivity index (χ2v) is 6.12. The Morgan fingerprint density at radius 2 is 1.67 bits per heavy atom. The van der Waals surface area contributed by atoms with Gasteiger partial charge in [-0.15, -0.1) is 0 Å². The molecule has 0 bridgehead atoms. The Morgan fingerprint density at radius 3 is 2.17 bits per heavy atom. The molecule has 1 aliphatic heterocycles. The largest absolute Gasteiger partial charge is 0.362 e. The average molecular weight is 251 g/mol. The summed E-state index contributed by atoms with van der Waals surface area (Å²) < 4.78 is 5.99. The van der Waals surface area contributed by atoms with Gasteiger partial charge in [0.15, 0.2) is 0 Å². The highest BCUT2D eigenvalue weighted by atomic mass is 16.5.